The van der Waals surface area contributed by atoms with Crippen molar-refractivity contribution >= 4 is 11.8 Å². The van der Waals surface area contributed by atoms with E-state index in [0.717, 1.165) is 29.7 Å². The number of amides is 2. The summed E-state index contributed by atoms with van der Waals surface area (Å²) in [5.74, 6) is 0.483. The highest BCUT2D eigenvalue weighted by atomic mass is 16.5. The molecule has 0 spiro atoms. The number of para-hydroxylation sites is 1. The van der Waals surface area contributed by atoms with Gasteiger partial charge in [0.05, 0.1) is 25.7 Å². The van der Waals surface area contributed by atoms with Crippen LogP contribution in [0.3, 0.4) is 0 Å². The number of nitrogens with one attached hydrogen (secondary N) is 1. The average Bonchev–Trinajstić information content (AvgIpc) is 3.32. The number of unbranched alkanes of at least 4 members (excludes halogenated alkanes) is 1. The fraction of sp³-hybridized carbons (Fsp3) is 0.448. The molecule has 0 bridgehead atoms. The molecule has 2 aromatic carbocycles. The Hall–Kier alpha value is -3.36. The molecule has 0 saturated heterocycles. The van der Waals surface area contributed by atoms with E-state index in [4.69, 9.17) is 9.47 Å². The number of aliphatic hydroxyl groups is 2. The minimum Gasteiger partial charge on any atom is -0.497 e. The summed E-state index contributed by atoms with van der Waals surface area (Å²) in [4.78, 5) is 28.3. The van der Waals surface area contributed by atoms with Gasteiger partial charge in [-0.15, -0.1) is 0 Å². The lowest BCUT2D eigenvalue weighted by molar-refractivity contribution is -0.137. The van der Waals surface area contributed by atoms with Crippen LogP contribution in [0.15, 0.2) is 60.2 Å². The zero-order chi connectivity index (χ0) is 26.4. The summed E-state index contributed by atoms with van der Waals surface area (Å²) in [5, 5.41) is 23.5. The summed E-state index contributed by atoms with van der Waals surface area (Å²) in [7, 11) is 1.61. The molecule has 0 fully saturated rings. The average molecular weight is 509 g/mol. The summed E-state index contributed by atoms with van der Waals surface area (Å²) in [5.41, 5.74) is 2.27. The molecule has 37 heavy (non-hydrogen) atoms. The van der Waals surface area contributed by atoms with Gasteiger partial charge in [0.25, 0.3) is 0 Å². The largest absolute Gasteiger partial charge is 0.497 e. The molecule has 4 rings (SSSR count). The van der Waals surface area contributed by atoms with Crippen LogP contribution < -0.4 is 14.8 Å². The van der Waals surface area contributed by atoms with Crippen LogP contribution >= 0.6 is 0 Å². The molecular formula is C29H36N2O6. The first-order chi connectivity index (χ1) is 18.0. The van der Waals surface area contributed by atoms with Crippen LogP contribution in [0.4, 0.5) is 0 Å². The first kappa shape index (κ1) is 26.7. The van der Waals surface area contributed by atoms with Crippen molar-refractivity contribution < 1.29 is 29.3 Å². The molecule has 0 radical (unpaired) electrons. The lowest BCUT2D eigenvalue weighted by Crippen LogP contribution is -2.56. The first-order valence-corrected chi connectivity index (χ1v) is 12.9. The fourth-order valence-corrected chi connectivity index (χ4v) is 5.18. The predicted molar refractivity (Wildman–Crippen MR) is 140 cm³/mol. The topological polar surface area (TPSA) is 108 Å². The maximum Gasteiger partial charge on any atom is 0.247 e. The standard InChI is InChI=1S/C29H36N2O6/c1-3-4-12-25(33)31(15-13-19-8-7-9-20(17-19)36-2)23-18-22(29(35)30-14-16-32)26-21-10-5-6-11-24(21)37-28(26)27(23)34/h5-11,17-18,23,26-28,32,34H,3-4,12-16H2,1-2H3,(H,30,35)/t23-,26+,27+,28+/m1/s1. The molecule has 4 atom stereocenters. The van der Waals surface area contributed by atoms with E-state index in [2.05, 4.69) is 5.32 Å². The van der Waals surface area contributed by atoms with Gasteiger partial charge in [0, 0.05) is 30.6 Å². The molecule has 2 amide bonds. The Morgan fingerprint density at radius 2 is 1.97 bits per heavy atom. The van der Waals surface area contributed by atoms with E-state index in [1.165, 1.54) is 0 Å². The molecule has 1 aliphatic carbocycles. The van der Waals surface area contributed by atoms with Gasteiger partial charge in [-0.1, -0.05) is 43.7 Å². The first-order valence-electron chi connectivity index (χ1n) is 12.9. The normalized spacial score (nSPS) is 21.8. The lowest BCUT2D eigenvalue weighted by Gasteiger charge is -2.41. The number of fused-ring (bicyclic) bond motifs is 3. The number of rotatable bonds is 11. The van der Waals surface area contributed by atoms with Gasteiger partial charge in [0.2, 0.25) is 11.8 Å². The highest BCUT2D eigenvalue weighted by Crippen LogP contribution is 2.47. The number of benzene rings is 2. The zero-order valence-electron chi connectivity index (χ0n) is 21.4. The van der Waals surface area contributed by atoms with Crippen molar-refractivity contribution in [1.29, 1.82) is 0 Å². The summed E-state index contributed by atoms with van der Waals surface area (Å²) in [6.45, 7) is 2.32. The minimum atomic E-state index is -1.03. The third-order valence-corrected chi connectivity index (χ3v) is 7.08. The Morgan fingerprint density at radius 1 is 1.16 bits per heavy atom. The molecule has 2 aromatic rings. The predicted octanol–water partition coefficient (Wildman–Crippen LogP) is 2.58. The second-order valence-electron chi connectivity index (χ2n) is 9.47. The maximum atomic E-state index is 13.4. The van der Waals surface area contributed by atoms with Crippen LogP contribution in [0.25, 0.3) is 0 Å². The monoisotopic (exact) mass is 508 g/mol. The third kappa shape index (κ3) is 5.81. The molecule has 8 heteroatoms. The van der Waals surface area contributed by atoms with Gasteiger partial charge >= 0.3 is 0 Å². The number of carbonyl (C=O) groups excluding carboxylic acids is 2. The Bertz CT molecular complexity index is 1130. The van der Waals surface area contributed by atoms with Crippen LogP contribution in [0.2, 0.25) is 0 Å². The van der Waals surface area contributed by atoms with Gasteiger partial charge in [-0.05, 0) is 42.7 Å². The van der Waals surface area contributed by atoms with E-state index < -0.39 is 24.2 Å². The fourth-order valence-electron chi connectivity index (χ4n) is 5.18. The van der Waals surface area contributed by atoms with Crippen LogP contribution in [-0.4, -0.2) is 72.0 Å². The van der Waals surface area contributed by atoms with Gasteiger partial charge in [-0.25, -0.2) is 0 Å². The molecule has 198 valence electrons. The van der Waals surface area contributed by atoms with E-state index in [1.807, 2.05) is 55.5 Å². The van der Waals surface area contributed by atoms with Gasteiger partial charge in [-0.3, -0.25) is 9.59 Å². The van der Waals surface area contributed by atoms with Crippen molar-refractivity contribution in [1.82, 2.24) is 10.2 Å². The summed E-state index contributed by atoms with van der Waals surface area (Å²) in [6, 6.07) is 14.4. The molecule has 2 aliphatic rings. The lowest BCUT2D eigenvalue weighted by atomic mass is 9.77. The van der Waals surface area contributed by atoms with Gasteiger partial charge in [0.15, 0.2) is 0 Å². The van der Waals surface area contributed by atoms with E-state index in [9.17, 15) is 19.8 Å². The summed E-state index contributed by atoms with van der Waals surface area (Å²) < 4.78 is 11.5. The SMILES string of the molecule is CCCCC(=O)N(CCc1cccc(OC)c1)[C@@H]1C=C(C(=O)NCCO)[C@@H]2c3ccccc3O[C@@H]2[C@H]1O. The number of ether oxygens (including phenoxy) is 2. The highest BCUT2D eigenvalue weighted by molar-refractivity contribution is 5.96. The van der Waals surface area contributed by atoms with E-state index in [0.29, 0.717) is 30.7 Å². The van der Waals surface area contributed by atoms with Gasteiger partial charge < -0.3 is 29.9 Å². The molecule has 1 aliphatic heterocycles. The van der Waals surface area contributed by atoms with Crippen molar-refractivity contribution in [2.24, 2.45) is 0 Å². The van der Waals surface area contributed by atoms with Crippen LogP contribution in [0, 0.1) is 0 Å². The molecule has 0 unspecified atom stereocenters. The number of hydrogen-bond acceptors (Lipinski definition) is 6. The van der Waals surface area contributed by atoms with Crippen LogP contribution in [0.5, 0.6) is 11.5 Å². The smallest absolute Gasteiger partial charge is 0.247 e. The second-order valence-corrected chi connectivity index (χ2v) is 9.47. The number of aliphatic hydroxyl groups excluding tert-OH is 2. The van der Waals surface area contributed by atoms with Gasteiger partial charge in [0.1, 0.15) is 23.7 Å². The zero-order valence-corrected chi connectivity index (χ0v) is 21.4. The van der Waals surface area contributed by atoms with Crippen molar-refractivity contribution in [3.8, 4) is 11.5 Å². The van der Waals surface area contributed by atoms with Crippen molar-refractivity contribution in [2.45, 2.75) is 56.8 Å². The van der Waals surface area contributed by atoms with Crippen LogP contribution in [-0.2, 0) is 16.0 Å². The van der Waals surface area contributed by atoms with E-state index in [-0.39, 0.29) is 25.0 Å². The number of methoxy groups -OCH3 is 1. The molecule has 8 nitrogen and oxygen atoms in total. The molecule has 1 heterocycles. The summed E-state index contributed by atoms with van der Waals surface area (Å²) in [6.07, 6.45) is 2.51. The van der Waals surface area contributed by atoms with E-state index >= 15 is 0 Å². The molecule has 0 saturated carbocycles. The summed E-state index contributed by atoms with van der Waals surface area (Å²) >= 11 is 0. The number of hydrogen-bond donors (Lipinski definition) is 3. The maximum absolute atomic E-state index is 13.4. The van der Waals surface area contributed by atoms with Crippen LogP contribution in [0.1, 0.15) is 43.2 Å². The number of carbonyl (C=O) groups is 2. The Balaban J connectivity index is 1.68. The Kier molecular flexibility index (Phi) is 8.84. The Labute approximate surface area is 217 Å². The van der Waals surface area contributed by atoms with Crippen molar-refractivity contribution in [3.05, 3.63) is 71.3 Å². The third-order valence-electron chi connectivity index (χ3n) is 7.08. The van der Waals surface area contributed by atoms with E-state index in [1.54, 1.807) is 18.1 Å². The Morgan fingerprint density at radius 3 is 2.73 bits per heavy atom. The van der Waals surface area contributed by atoms with Crippen molar-refractivity contribution in [3.63, 3.8) is 0 Å². The quantitative estimate of drug-likeness (QED) is 0.431. The number of nitrogens with zero attached hydrogens (tertiary/aromatic N) is 1. The minimum absolute atomic E-state index is 0.0749. The molecule has 0 aromatic heterocycles. The van der Waals surface area contributed by atoms with Gasteiger partial charge in [-0.2, -0.15) is 0 Å². The molecular weight excluding hydrogens is 472 g/mol. The highest BCUT2D eigenvalue weighted by Gasteiger charge is 2.50. The van der Waals surface area contributed by atoms with Crippen molar-refractivity contribution in [2.75, 3.05) is 26.8 Å². The molecule has 3 N–H and O–H groups in total. The second kappa shape index (κ2) is 12.3.